The highest BCUT2D eigenvalue weighted by Crippen LogP contribution is 2.25. The summed E-state index contributed by atoms with van der Waals surface area (Å²) in [6.45, 7) is 0. The second-order valence-corrected chi connectivity index (χ2v) is 7.22. The van der Waals surface area contributed by atoms with Crippen LogP contribution in [0.5, 0.6) is 0 Å². The standard InChI is InChI=1S/C22H27N3O2.ClH/c1-25(18-7-3-2-4-8-18)22(27)19-9-5-6-10-20(19)24-21(26)15-16-11-13-17(23)14-12-16;/h5-6,9-14,18H,2-4,7-8,15,23H2,1H3,(H,24,26);1H. The third kappa shape index (κ3) is 5.49. The smallest absolute Gasteiger partial charge is 0.255 e. The summed E-state index contributed by atoms with van der Waals surface area (Å²) in [5.74, 6) is -0.189. The highest BCUT2D eigenvalue weighted by Gasteiger charge is 2.24. The van der Waals surface area contributed by atoms with Crippen molar-refractivity contribution in [2.45, 2.75) is 44.6 Å². The molecule has 0 spiro atoms. The number of nitrogens with one attached hydrogen (secondary N) is 1. The van der Waals surface area contributed by atoms with E-state index in [4.69, 9.17) is 5.73 Å². The maximum atomic E-state index is 13.0. The lowest BCUT2D eigenvalue weighted by Crippen LogP contribution is -2.38. The van der Waals surface area contributed by atoms with E-state index in [1.165, 1.54) is 19.3 Å². The average Bonchev–Trinajstić information content (AvgIpc) is 2.70. The number of nitrogen functional groups attached to an aromatic ring is 1. The van der Waals surface area contributed by atoms with Gasteiger partial charge in [-0.1, -0.05) is 43.5 Å². The molecule has 0 aromatic heterocycles. The number of para-hydroxylation sites is 1. The van der Waals surface area contributed by atoms with Crippen molar-refractivity contribution >= 4 is 35.6 Å². The van der Waals surface area contributed by atoms with Crippen LogP contribution >= 0.6 is 12.4 Å². The second-order valence-electron chi connectivity index (χ2n) is 7.22. The third-order valence-corrected chi connectivity index (χ3v) is 5.22. The summed E-state index contributed by atoms with van der Waals surface area (Å²) in [6.07, 6.45) is 5.92. The topological polar surface area (TPSA) is 75.4 Å². The van der Waals surface area contributed by atoms with Crippen molar-refractivity contribution in [3.05, 3.63) is 59.7 Å². The van der Waals surface area contributed by atoms with E-state index in [1.807, 2.05) is 36.2 Å². The van der Waals surface area contributed by atoms with Crippen molar-refractivity contribution in [1.82, 2.24) is 4.90 Å². The SMILES string of the molecule is CN(C(=O)c1ccccc1NC(=O)Cc1ccc(N)cc1)C1CCCCC1.Cl. The van der Waals surface area contributed by atoms with E-state index >= 15 is 0 Å². The van der Waals surface area contributed by atoms with E-state index in [9.17, 15) is 9.59 Å². The molecule has 3 N–H and O–H groups in total. The van der Waals surface area contributed by atoms with Crippen LogP contribution in [0.3, 0.4) is 0 Å². The summed E-state index contributed by atoms with van der Waals surface area (Å²) < 4.78 is 0. The van der Waals surface area contributed by atoms with Crippen molar-refractivity contribution in [1.29, 1.82) is 0 Å². The number of nitrogens with two attached hydrogens (primary N) is 1. The fourth-order valence-electron chi connectivity index (χ4n) is 3.62. The summed E-state index contributed by atoms with van der Waals surface area (Å²) >= 11 is 0. The van der Waals surface area contributed by atoms with Gasteiger partial charge in [-0.05, 0) is 42.7 Å². The van der Waals surface area contributed by atoms with Gasteiger partial charge in [-0.25, -0.2) is 0 Å². The number of hydrogen-bond acceptors (Lipinski definition) is 3. The minimum Gasteiger partial charge on any atom is -0.399 e. The minimum atomic E-state index is -0.152. The number of nitrogens with zero attached hydrogens (tertiary/aromatic N) is 1. The molecular formula is C22H28ClN3O2. The van der Waals surface area contributed by atoms with E-state index in [-0.39, 0.29) is 36.7 Å². The largest absolute Gasteiger partial charge is 0.399 e. The molecule has 2 amide bonds. The van der Waals surface area contributed by atoms with Crippen molar-refractivity contribution in [3.63, 3.8) is 0 Å². The van der Waals surface area contributed by atoms with Crippen LogP contribution in [0.2, 0.25) is 0 Å². The first kappa shape index (κ1) is 21.8. The van der Waals surface area contributed by atoms with Crippen LogP contribution in [0.4, 0.5) is 11.4 Å². The predicted octanol–water partition coefficient (Wildman–Crippen LogP) is 4.28. The molecule has 0 bridgehead atoms. The van der Waals surface area contributed by atoms with Crippen molar-refractivity contribution < 1.29 is 9.59 Å². The molecule has 0 unspecified atom stereocenters. The van der Waals surface area contributed by atoms with Crippen molar-refractivity contribution in [2.24, 2.45) is 0 Å². The fraction of sp³-hybridized carbons (Fsp3) is 0.364. The van der Waals surface area contributed by atoms with Gasteiger partial charge in [0.2, 0.25) is 5.91 Å². The predicted molar refractivity (Wildman–Crippen MR) is 116 cm³/mol. The number of carbonyl (C=O) groups is 2. The van der Waals surface area contributed by atoms with Crippen LogP contribution in [-0.2, 0) is 11.2 Å². The highest BCUT2D eigenvalue weighted by molar-refractivity contribution is 6.04. The minimum absolute atomic E-state index is 0. The molecule has 1 aliphatic carbocycles. The van der Waals surface area contributed by atoms with Crippen LogP contribution in [-0.4, -0.2) is 29.8 Å². The van der Waals surface area contributed by atoms with Gasteiger partial charge in [0, 0.05) is 18.8 Å². The van der Waals surface area contributed by atoms with Gasteiger partial charge in [-0.3, -0.25) is 9.59 Å². The zero-order chi connectivity index (χ0) is 19.2. The van der Waals surface area contributed by atoms with E-state index in [2.05, 4.69) is 5.32 Å². The van der Waals surface area contributed by atoms with Crippen molar-refractivity contribution in [3.8, 4) is 0 Å². The lowest BCUT2D eigenvalue weighted by molar-refractivity contribution is -0.115. The molecule has 6 heteroatoms. The van der Waals surface area contributed by atoms with Gasteiger partial charge in [-0.2, -0.15) is 0 Å². The molecule has 0 radical (unpaired) electrons. The molecule has 3 rings (SSSR count). The Hall–Kier alpha value is -2.53. The van der Waals surface area contributed by atoms with Crippen LogP contribution in [0.1, 0.15) is 48.0 Å². The first-order chi connectivity index (χ1) is 13.0. The van der Waals surface area contributed by atoms with Gasteiger partial charge in [0.05, 0.1) is 17.7 Å². The molecule has 2 aromatic carbocycles. The van der Waals surface area contributed by atoms with E-state index in [0.29, 0.717) is 16.9 Å². The number of benzene rings is 2. The maximum absolute atomic E-state index is 13.0. The summed E-state index contributed by atoms with van der Waals surface area (Å²) in [5.41, 5.74) is 8.33. The van der Waals surface area contributed by atoms with Crippen LogP contribution in [0, 0.1) is 0 Å². The quantitative estimate of drug-likeness (QED) is 0.734. The zero-order valence-corrected chi connectivity index (χ0v) is 17.0. The van der Waals surface area contributed by atoms with Gasteiger partial charge in [0.15, 0.2) is 0 Å². The number of amides is 2. The Kier molecular flexibility index (Phi) is 7.88. The molecule has 0 atom stereocenters. The average molecular weight is 402 g/mol. The Balaban J connectivity index is 0.00000280. The van der Waals surface area contributed by atoms with Gasteiger partial charge in [0.25, 0.3) is 5.91 Å². The molecule has 28 heavy (non-hydrogen) atoms. The monoisotopic (exact) mass is 401 g/mol. The lowest BCUT2D eigenvalue weighted by atomic mass is 9.94. The Labute approximate surface area is 172 Å². The molecule has 5 nitrogen and oxygen atoms in total. The summed E-state index contributed by atoms with van der Waals surface area (Å²) in [4.78, 5) is 27.3. The number of anilines is 2. The molecule has 150 valence electrons. The molecule has 0 aliphatic heterocycles. The first-order valence-corrected chi connectivity index (χ1v) is 9.55. The normalized spacial score (nSPS) is 14.0. The van der Waals surface area contributed by atoms with E-state index in [0.717, 1.165) is 18.4 Å². The van der Waals surface area contributed by atoms with E-state index < -0.39 is 0 Å². The highest BCUT2D eigenvalue weighted by atomic mass is 35.5. The number of carbonyl (C=O) groups excluding carboxylic acids is 2. The van der Waals surface area contributed by atoms with Gasteiger partial charge in [0.1, 0.15) is 0 Å². The van der Waals surface area contributed by atoms with E-state index in [1.54, 1.807) is 24.3 Å². The van der Waals surface area contributed by atoms with Gasteiger partial charge in [-0.15, -0.1) is 12.4 Å². The summed E-state index contributed by atoms with van der Waals surface area (Å²) in [6, 6.07) is 14.7. The molecule has 0 saturated heterocycles. The Morgan fingerprint density at radius 2 is 1.68 bits per heavy atom. The molecule has 1 saturated carbocycles. The Morgan fingerprint density at radius 1 is 1.04 bits per heavy atom. The first-order valence-electron chi connectivity index (χ1n) is 9.55. The van der Waals surface area contributed by atoms with Crippen molar-refractivity contribution in [2.75, 3.05) is 18.1 Å². The molecule has 1 fully saturated rings. The van der Waals surface area contributed by atoms with Gasteiger partial charge < -0.3 is 16.0 Å². The summed E-state index contributed by atoms with van der Waals surface area (Å²) in [7, 11) is 1.87. The van der Waals surface area contributed by atoms with Crippen LogP contribution in [0.15, 0.2) is 48.5 Å². The third-order valence-electron chi connectivity index (χ3n) is 5.22. The fourth-order valence-corrected chi connectivity index (χ4v) is 3.62. The molecule has 2 aromatic rings. The maximum Gasteiger partial charge on any atom is 0.255 e. The molecule has 1 aliphatic rings. The number of rotatable bonds is 5. The number of hydrogen-bond donors (Lipinski definition) is 2. The van der Waals surface area contributed by atoms with Crippen LogP contribution in [0.25, 0.3) is 0 Å². The van der Waals surface area contributed by atoms with Gasteiger partial charge >= 0.3 is 0 Å². The molecule has 0 heterocycles. The lowest BCUT2D eigenvalue weighted by Gasteiger charge is -2.31. The zero-order valence-electron chi connectivity index (χ0n) is 16.2. The second kappa shape index (κ2) is 10.1. The molecular weight excluding hydrogens is 374 g/mol. The summed E-state index contributed by atoms with van der Waals surface area (Å²) in [5, 5.41) is 2.89. The Bertz CT molecular complexity index is 802. The number of halogens is 1. The Morgan fingerprint density at radius 3 is 2.36 bits per heavy atom. The van der Waals surface area contributed by atoms with Crippen LogP contribution < -0.4 is 11.1 Å².